The molecule has 1 unspecified atom stereocenters. The van der Waals surface area contributed by atoms with Crippen molar-refractivity contribution in [3.63, 3.8) is 0 Å². The van der Waals surface area contributed by atoms with Gasteiger partial charge in [0, 0.05) is 32.2 Å². The number of rotatable bonds is 5. The fourth-order valence-corrected chi connectivity index (χ4v) is 4.07. The van der Waals surface area contributed by atoms with Crippen LogP contribution in [-0.4, -0.2) is 37.1 Å². The zero-order chi connectivity index (χ0) is 13.4. The van der Waals surface area contributed by atoms with Crippen molar-refractivity contribution in [3.05, 3.63) is 35.9 Å². The molecule has 0 aromatic heterocycles. The van der Waals surface area contributed by atoms with Gasteiger partial charge in [0.15, 0.2) is 0 Å². The maximum absolute atomic E-state index is 3.71. The van der Waals surface area contributed by atoms with Crippen LogP contribution in [0.25, 0.3) is 0 Å². The molecule has 2 heteroatoms. The molecule has 1 atom stereocenters. The number of benzene rings is 1. The summed E-state index contributed by atoms with van der Waals surface area (Å²) in [6.07, 6.45) is 7.21. The van der Waals surface area contributed by atoms with Gasteiger partial charge in [0.25, 0.3) is 0 Å². The Bertz CT molecular complexity index is 448. The van der Waals surface area contributed by atoms with E-state index >= 15 is 0 Å². The van der Waals surface area contributed by atoms with Crippen LogP contribution in [0.3, 0.4) is 0 Å². The van der Waals surface area contributed by atoms with Gasteiger partial charge in [-0.15, -0.1) is 0 Å². The summed E-state index contributed by atoms with van der Waals surface area (Å²) in [5.41, 5.74) is 2.23. The summed E-state index contributed by atoms with van der Waals surface area (Å²) in [5, 5.41) is 3.71. The monoisotopic (exact) mass is 270 g/mol. The van der Waals surface area contributed by atoms with E-state index in [9.17, 15) is 0 Å². The number of hydrogen-bond donors (Lipinski definition) is 1. The van der Waals surface area contributed by atoms with Crippen LogP contribution in [0.2, 0.25) is 0 Å². The predicted octanol–water partition coefficient (Wildman–Crippen LogP) is 2.69. The molecule has 3 fully saturated rings. The smallest absolute Gasteiger partial charge is 0.0235 e. The Morgan fingerprint density at radius 1 is 1.15 bits per heavy atom. The lowest BCUT2D eigenvalue weighted by molar-refractivity contribution is 0.155. The number of hydrogen-bond acceptors (Lipinski definition) is 2. The first-order chi connectivity index (χ1) is 9.84. The van der Waals surface area contributed by atoms with Crippen molar-refractivity contribution in [2.75, 3.05) is 26.2 Å². The normalized spacial score (nSPS) is 29.3. The molecule has 0 amide bonds. The Hall–Kier alpha value is -0.860. The van der Waals surface area contributed by atoms with Crippen LogP contribution >= 0.6 is 0 Å². The minimum absolute atomic E-state index is 0.640. The summed E-state index contributed by atoms with van der Waals surface area (Å²) in [4.78, 5) is 2.75. The minimum Gasteiger partial charge on any atom is -0.311 e. The summed E-state index contributed by atoms with van der Waals surface area (Å²) in [5.74, 6) is 1.09. The van der Waals surface area contributed by atoms with E-state index in [4.69, 9.17) is 0 Å². The number of nitrogens with zero attached hydrogens (tertiary/aromatic N) is 1. The molecule has 1 heterocycles. The second kappa shape index (κ2) is 5.16. The molecule has 20 heavy (non-hydrogen) atoms. The minimum atomic E-state index is 0.640. The van der Waals surface area contributed by atoms with Crippen LogP contribution in [0.5, 0.6) is 0 Å². The van der Waals surface area contributed by atoms with E-state index in [0.29, 0.717) is 6.04 Å². The van der Waals surface area contributed by atoms with E-state index < -0.39 is 0 Å². The molecule has 0 bridgehead atoms. The second-order valence-corrected chi connectivity index (χ2v) is 7.21. The van der Waals surface area contributed by atoms with Crippen LogP contribution in [0.15, 0.2) is 30.3 Å². The maximum atomic E-state index is 3.71. The summed E-state index contributed by atoms with van der Waals surface area (Å²) in [7, 11) is 0. The van der Waals surface area contributed by atoms with Crippen LogP contribution in [0.1, 0.15) is 31.2 Å². The van der Waals surface area contributed by atoms with Gasteiger partial charge in [-0.2, -0.15) is 0 Å². The topological polar surface area (TPSA) is 15.3 Å². The van der Waals surface area contributed by atoms with Crippen molar-refractivity contribution < 1.29 is 0 Å². The molecule has 1 N–H and O–H groups in total. The highest BCUT2D eigenvalue weighted by molar-refractivity contribution is 5.16. The molecule has 2 saturated carbocycles. The van der Waals surface area contributed by atoms with Crippen LogP contribution < -0.4 is 5.32 Å². The Kier molecular flexibility index (Phi) is 3.31. The van der Waals surface area contributed by atoms with Crippen LogP contribution in [-0.2, 0) is 6.42 Å². The van der Waals surface area contributed by atoms with E-state index in [-0.39, 0.29) is 0 Å². The molecule has 3 aliphatic rings. The zero-order valence-corrected chi connectivity index (χ0v) is 12.4. The van der Waals surface area contributed by atoms with Crippen molar-refractivity contribution in [1.82, 2.24) is 10.2 Å². The standard InChI is InChI=1S/C18H26N2/c1-2-4-15(5-3-1)12-17-13-20(11-10-19-17)14-18(8-9-18)16-6-7-16/h1-5,16-17,19H,6-14H2. The Labute approximate surface area is 122 Å². The second-order valence-electron chi connectivity index (χ2n) is 7.21. The Balaban J connectivity index is 1.33. The molecule has 1 aliphatic heterocycles. The molecule has 2 nitrogen and oxygen atoms in total. The summed E-state index contributed by atoms with van der Waals surface area (Å²) in [6, 6.07) is 11.6. The number of piperazine rings is 1. The van der Waals surface area contributed by atoms with Crippen molar-refractivity contribution in [2.24, 2.45) is 11.3 Å². The first-order valence-electron chi connectivity index (χ1n) is 8.34. The molecular weight excluding hydrogens is 244 g/mol. The lowest BCUT2D eigenvalue weighted by atomic mass is 9.98. The first kappa shape index (κ1) is 12.8. The molecule has 1 aromatic rings. The largest absolute Gasteiger partial charge is 0.311 e. The van der Waals surface area contributed by atoms with Gasteiger partial charge in [-0.1, -0.05) is 30.3 Å². The molecule has 0 radical (unpaired) electrons. The van der Waals surface area contributed by atoms with Crippen molar-refractivity contribution in [2.45, 2.75) is 38.1 Å². The van der Waals surface area contributed by atoms with Gasteiger partial charge in [0.05, 0.1) is 0 Å². The average Bonchev–Trinajstić information content (AvgIpc) is 3.34. The summed E-state index contributed by atoms with van der Waals surface area (Å²) in [6.45, 7) is 5.03. The van der Waals surface area contributed by atoms with Gasteiger partial charge in [0.1, 0.15) is 0 Å². The van der Waals surface area contributed by atoms with E-state index in [0.717, 1.165) is 17.9 Å². The highest BCUT2D eigenvalue weighted by Gasteiger charge is 2.54. The molecule has 1 saturated heterocycles. The molecule has 4 rings (SSSR count). The maximum Gasteiger partial charge on any atom is 0.0235 e. The molecule has 2 aliphatic carbocycles. The number of nitrogens with one attached hydrogen (secondary N) is 1. The highest BCUT2D eigenvalue weighted by Crippen LogP contribution is 2.61. The van der Waals surface area contributed by atoms with Gasteiger partial charge < -0.3 is 5.32 Å². The third-order valence-electron chi connectivity index (χ3n) is 5.54. The third-order valence-corrected chi connectivity index (χ3v) is 5.54. The van der Waals surface area contributed by atoms with Crippen molar-refractivity contribution >= 4 is 0 Å². The lowest BCUT2D eigenvalue weighted by Crippen LogP contribution is -2.52. The SMILES string of the molecule is c1ccc(CC2CN(CC3(C4CC4)CC3)CCN2)cc1. The Morgan fingerprint density at radius 2 is 1.95 bits per heavy atom. The first-order valence-corrected chi connectivity index (χ1v) is 8.34. The molecular formula is C18H26N2. The fraction of sp³-hybridized carbons (Fsp3) is 0.667. The highest BCUT2D eigenvalue weighted by atomic mass is 15.2. The van der Waals surface area contributed by atoms with Gasteiger partial charge in [-0.3, -0.25) is 4.90 Å². The lowest BCUT2D eigenvalue weighted by Gasteiger charge is -2.36. The van der Waals surface area contributed by atoms with E-state index in [1.165, 1.54) is 57.3 Å². The van der Waals surface area contributed by atoms with Crippen LogP contribution in [0.4, 0.5) is 0 Å². The predicted molar refractivity (Wildman–Crippen MR) is 82.8 cm³/mol. The van der Waals surface area contributed by atoms with E-state index in [1.807, 2.05) is 0 Å². The zero-order valence-electron chi connectivity index (χ0n) is 12.4. The van der Waals surface area contributed by atoms with Gasteiger partial charge in [0.2, 0.25) is 0 Å². The third kappa shape index (κ3) is 2.77. The average molecular weight is 270 g/mol. The van der Waals surface area contributed by atoms with Crippen molar-refractivity contribution in [3.8, 4) is 0 Å². The quantitative estimate of drug-likeness (QED) is 0.885. The van der Waals surface area contributed by atoms with Gasteiger partial charge in [-0.25, -0.2) is 0 Å². The summed E-state index contributed by atoms with van der Waals surface area (Å²) >= 11 is 0. The Morgan fingerprint density at radius 3 is 2.65 bits per heavy atom. The van der Waals surface area contributed by atoms with Crippen LogP contribution in [0, 0.1) is 11.3 Å². The van der Waals surface area contributed by atoms with E-state index in [2.05, 4.69) is 40.5 Å². The molecule has 0 spiro atoms. The van der Waals surface area contributed by atoms with E-state index in [1.54, 1.807) is 0 Å². The fourth-order valence-electron chi connectivity index (χ4n) is 4.07. The van der Waals surface area contributed by atoms with Gasteiger partial charge in [-0.05, 0) is 49.0 Å². The molecule has 1 aromatic carbocycles. The summed E-state index contributed by atoms with van der Waals surface area (Å²) < 4.78 is 0. The van der Waals surface area contributed by atoms with Gasteiger partial charge >= 0.3 is 0 Å². The van der Waals surface area contributed by atoms with Crippen molar-refractivity contribution in [1.29, 1.82) is 0 Å². The molecule has 108 valence electrons.